The van der Waals surface area contributed by atoms with Crippen molar-refractivity contribution in [2.45, 2.75) is 6.92 Å². The van der Waals surface area contributed by atoms with Gasteiger partial charge in [-0.05, 0) is 25.1 Å². The Morgan fingerprint density at radius 1 is 1.30 bits per heavy atom. The highest BCUT2D eigenvalue weighted by Gasteiger charge is 2.17. The first-order chi connectivity index (χ1) is 11.1. The minimum Gasteiger partial charge on any atom is -0.349 e. The summed E-state index contributed by atoms with van der Waals surface area (Å²) < 4.78 is 0. The second kappa shape index (κ2) is 7.10. The molecule has 124 valence electrons. The summed E-state index contributed by atoms with van der Waals surface area (Å²) in [6, 6.07) is 7.68. The van der Waals surface area contributed by atoms with E-state index >= 15 is 0 Å². The lowest BCUT2D eigenvalue weighted by Crippen LogP contribution is -2.46. The number of fused-ring (bicyclic) bond motifs is 1. The van der Waals surface area contributed by atoms with Gasteiger partial charge < -0.3 is 20.1 Å². The number of carbonyl (C=O) groups is 1. The maximum atomic E-state index is 12.2. The number of aromatic nitrogens is 2. The number of amides is 1. The van der Waals surface area contributed by atoms with Crippen LogP contribution in [0.3, 0.4) is 0 Å². The summed E-state index contributed by atoms with van der Waals surface area (Å²) in [5.74, 6) is 0.677. The van der Waals surface area contributed by atoms with Crippen LogP contribution in [0.5, 0.6) is 0 Å². The maximum Gasteiger partial charge on any atom is 0.287 e. The van der Waals surface area contributed by atoms with Crippen molar-refractivity contribution >= 4 is 16.9 Å². The van der Waals surface area contributed by atoms with Crippen LogP contribution in [0.25, 0.3) is 11.0 Å². The zero-order valence-electron chi connectivity index (χ0n) is 13.9. The number of H-pyrrole nitrogens is 1. The average molecular weight is 315 g/mol. The van der Waals surface area contributed by atoms with Crippen molar-refractivity contribution in [1.29, 1.82) is 0 Å². The van der Waals surface area contributed by atoms with Gasteiger partial charge in [-0.3, -0.25) is 4.79 Å². The SMILES string of the molecule is C[C@H](CNC(=O)c1nc2ccccc2[nH]1)CN1CCN(C)CC1. The third kappa shape index (κ3) is 4.09. The number of para-hydroxylation sites is 2. The number of hydrogen-bond donors (Lipinski definition) is 2. The minimum absolute atomic E-state index is 0.133. The zero-order chi connectivity index (χ0) is 16.2. The molecule has 0 unspecified atom stereocenters. The van der Waals surface area contributed by atoms with Crippen LogP contribution in [-0.4, -0.2) is 72.0 Å². The molecule has 6 heteroatoms. The second-order valence-corrected chi connectivity index (χ2v) is 6.52. The van der Waals surface area contributed by atoms with Crippen LogP contribution in [-0.2, 0) is 0 Å². The lowest BCUT2D eigenvalue weighted by Gasteiger charge is -2.33. The van der Waals surface area contributed by atoms with E-state index in [0.717, 1.165) is 43.8 Å². The van der Waals surface area contributed by atoms with Crippen LogP contribution in [0.4, 0.5) is 0 Å². The van der Waals surface area contributed by atoms with E-state index in [1.807, 2.05) is 24.3 Å². The summed E-state index contributed by atoms with van der Waals surface area (Å²) in [7, 11) is 2.16. The summed E-state index contributed by atoms with van der Waals surface area (Å²) in [5.41, 5.74) is 1.71. The van der Waals surface area contributed by atoms with Gasteiger partial charge in [-0.2, -0.15) is 0 Å². The van der Waals surface area contributed by atoms with Crippen molar-refractivity contribution in [3.8, 4) is 0 Å². The number of piperazine rings is 1. The Labute approximate surface area is 136 Å². The fourth-order valence-corrected chi connectivity index (χ4v) is 2.95. The standard InChI is InChI=1S/C17H25N5O/c1-13(12-22-9-7-21(2)8-10-22)11-18-17(23)16-19-14-5-3-4-6-15(14)20-16/h3-6,13H,7-12H2,1-2H3,(H,18,23)(H,19,20)/t13-/m1/s1. The molecule has 1 fully saturated rings. The number of benzene rings is 1. The summed E-state index contributed by atoms with van der Waals surface area (Å²) in [6.45, 7) is 8.33. The topological polar surface area (TPSA) is 64.3 Å². The van der Waals surface area contributed by atoms with Gasteiger partial charge in [-0.15, -0.1) is 0 Å². The van der Waals surface area contributed by atoms with E-state index in [2.05, 4.69) is 39.1 Å². The molecule has 1 amide bonds. The van der Waals surface area contributed by atoms with Crippen molar-refractivity contribution in [2.24, 2.45) is 5.92 Å². The molecule has 0 spiro atoms. The van der Waals surface area contributed by atoms with Gasteiger partial charge in [0.1, 0.15) is 0 Å². The number of likely N-dealkylation sites (N-methyl/N-ethyl adjacent to an activating group) is 1. The lowest BCUT2D eigenvalue weighted by atomic mass is 10.1. The Bertz CT molecular complexity index is 627. The third-order valence-electron chi connectivity index (χ3n) is 4.38. The van der Waals surface area contributed by atoms with E-state index in [9.17, 15) is 4.79 Å². The molecule has 0 bridgehead atoms. The number of aromatic amines is 1. The van der Waals surface area contributed by atoms with Crippen molar-refractivity contribution in [3.05, 3.63) is 30.1 Å². The number of rotatable bonds is 5. The molecule has 1 aliphatic rings. The number of hydrogen-bond acceptors (Lipinski definition) is 4. The highest BCUT2D eigenvalue weighted by Crippen LogP contribution is 2.10. The second-order valence-electron chi connectivity index (χ2n) is 6.52. The molecule has 1 aliphatic heterocycles. The molecule has 0 aliphatic carbocycles. The third-order valence-corrected chi connectivity index (χ3v) is 4.38. The van der Waals surface area contributed by atoms with Gasteiger partial charge in [0.15, 0.2) is 5.82 Å². The van der Waals surface area contributed by atoms with Crippen LogP contribution in [0.2, 0.25) is 0 Å². The predicted octanol–water partition coefficient (Wildman–Crippen LogP) is 1.18. The van der Waals surface area contributed by atoms with Gasteiger partial charge in [-0.25, -0.2) is 4.98 Å². The van der Waals surface area contributed by atoms with E-state index in [1.165, 1.54) is 0 Å². The van der Waals surface area contributed by atoms with Gasteiger partial charge in [0.2, 0.25) is 0 Å². The molecule has 0 radical (unpaired) electrons. The molecular weight excluding hydrogens is 290 g/mol. The molecule has 1 aromatic carbocycles. The molecule has 0 saturated carbocycles. The van der Waals surface area contributed by atoms with Crippen molar-refractivity contribution in [1.82, 2.24) is 25.1 Å². The Morgan fingerprint density at radius 3 is 2.78 bits per heavy atom. The van der Waals surface area contributed by atoms with Crippen LogP contribution in [0.15, 0.2) is 24.3 Å². The maximum absolute atomic E-state index is 12.2. The van der Waals surface area contributed by atoms with Crippen LogP contribution in [0, 0.1) is 5.92 Å². The van der Waals surface area contributed by atoms with E-state index in [1.54, 1.807) is 0 Å². The average Bonchev–Trinajstić information content (AvgIpc) is 2.99. The van der Waals surface area contributed by atoms with Gasteiger partial charge in [0.05, 0.1) is 11.0 Å². The summed E-state index contributed by atoms with van der Waals surface area (Å²) in [6.07, 6.45) is 0. The molecule has 1 aromatic heterocycles. The summed E-state index contributed by atoms with van der Waals surface area (Å²) >= 11 is 0. The van der Waals surface area contributed by atoms with Crippen LogP contribution < -0.4 is 5.32 Å². The van der Waals surface area contributed by atoms with Gasteiger partial charge in [-0.1, -0.05) is 19.1 Å². The van der Waals surface area contributed by atoms with Crippen molar-refractivity contribution in [2.75, 3.05) is 46.3 Å². The highest BCUT2D eigenvalue weighted by atomic mass is 16.2. The largest absolute Gasteiger partial charge is 0.349 e. The summed E-state index contributed by atoms with van der Waals surface area (Å²) in [4.78, 5) is 24.4. The number of imidazole rings is 1. The molecule has 1 saturated heterocycles. The lowest BCUT2D eigenvalue weighted by molar-refractivity contribution is 0.0928. The number of nitrogens with one attached hydrogen (secondary N) is 2. The molecule has 6 nitrogen and oxygen atoms in total. The summed E-state index contributed by atoms with van der Waals surface area (Å²) in [5, 5.41) is 2.99. The first kappa shape index (κ1) is 16.0. The Morgan fingerprint density at radius 2 is 2.04 bits per heavy atom. The van der Waals surface area contributed by atoms with E-state index < -0.39 is 0 Å². The fourth-order valence-electron chi connectivity index (χ4n) is 2.95. The smallest absolute Gasteiger partial charge is 0.287 e. The number of nitrogens with zero attached hydrogens (tertiary/aromatic N) is 3. The Hall–Kier alpha value is -1.92. The molecular formula is C17H25N5O. The van der Waals surface area contributed by atoms with Gasteiger partial charge >= 0.3 is 0 Å². The molecule has 2 aromatic rings. The minimum atomic E-state index is -0.133. The van der Waals surface area contributed by atoms with Crippen molar-refractivity contribution < 1.29 is 4.79 Å². The first-order valence-corrected chi connectivity index (χ1v) is 8.25. The molecule has 2 heterocycles. The van der Waals surface area contributed by atoms with E-state index in [4.69, 9.17) is 0 Å². The van der Waals surface area contributed by atoms with Gasteiger partial charge in [0, 0.05) is 39.3 Å². The molecule has 1 atom stereocenters. The van der Waals surface area contributed by atoms with Crippen LogP contribution in [0.1, 0.15) is 17.5 Å². The van der Waals surface area contributed by atoms with Crippen LogP contribution >= 0.6 is 0 Å². The fraction of sp³-hybridized carbons (Fsp3) is 0.529. The van der Waals surface area contributed by atoms with E-state index in [-0.39, 0.29) is 5.91 Å². The first-order valence-electron chi connectivity index (χ1n) is 8.25. The highest BCUT2D eigenvalue weighted by molar-refractivity contribution is 5.94. The quantitative estimate of drug-likeness (QED) is 0.869. The zero-order valence-corrected chi connectivity index (χ0v) is 13.9. The Balaban J connectivity index is 1.48. The van der Waals surface area contributed by atoms with Gasteiger partial charge in [0.25, 0.3) is 5.91 Å². The number of carbonyl (C=O) groups excluding carboxylic acids is 1. The molecule has 3 rings (SSSR count). The Kier molecular flexibility index (Phi) is 4.93. The molecule has 2 N–H and O–H groups in total. The van der Waals surface area contributed by atoms with E-state index in [0.29, 0.717) is 18.3 Å². The van der Waals surface area contributed by atoms with Crippen molar-refractivity contribution in [3.63, 3.8) is 0 Å². The molecule has 23 heavy (non-hydrogen) atoms. The monoisotopic (exact) mass is 315 g/mol. The normalized spacial score (nSPS) is 18.2. The predicted molar refractivity (Wildman–Crippen MR) is 91.5 cm³/mol.